The molecule has 0 saturated carbocycles. The van der Waals surface area contributed by atoms with Crippen molar-refractivity contribution in [3.8, 4) is 5.75 Å². The van der Waals surface area contributed by atoms with Gasteiger partial charge in [-0.1, -0.05) is 6.07 Å². The van der Waals surface area contributed by atoms with E-state index in [0.29, 0.717) is 17.1 Å². The van der Waals surface area contributed by atoms with Crippen LogP contribution in [0.1, 0.15) is 18.2 Å². The number of hydrogen-bond donors (Lipinski definition) is 0. The van der Waals surface area contributed by atoms with Crippen LogP contribution in [0.2, 0.25) is 0 Å². The van der Waals surface area contributed by atoms with Gasteiger partial charge in [-0.05, 0) is 36.8 Å². The van der Waals surface area contributed by atoms with Gasteiger partial charge in [0, 0.05) is 35.9 Å². The van der Waals surface area contributed by atoms with Crippen LogP contribution in [0.5, 0.6) is 5.75 Å². The number of nitrogens with zero attached hydrogens (tertiary/aromatic N) is 1. The fraction of sp³-hybridized carbons (Fsp3) is 0.167. The zero-order chi connectivity index (χ0) is 17.1. The minimum atomic E-state index is -0.435. The third-order valence-corrected chi connectivity index (χ3v) is 4.28. The van der Waals surface area contributed by atoms with Crippen LogP contribution in [0.3, 0.4) is 0 Å². The molecule has 24 heavy (non-hydrogen) atoms. The van der Waals surface area contributed by atoms with Gasteiger partial charge in [-0.15, -0.1) is 11.8 Å². The SMILES string of the molecule is CC(=O)Oc1ccc2c(CSc3cccc(C)n3)cc(=O)oc2c1. The van der Waals surface area contributed by atoms with E-state index in [0.717, 1.165) is 21.7 Å². The molecule has 0 N–H and O–H groups in total. The standard InChI is InChI=1S/C18H15NO4S/c1-11-4-3-5-17(19-11)24-10-13-8-18(21)23-16-9-14(22-12(2)20)6-7-15(13)16/h3-9H,10H2,1-2H3. The summed E-state index contributed by atoms with van der Waals surface area (Å²) in [7, 11) is 0. The lowest BCUT2D eigenvalue weighted by Crippen LogP contribution is -2.03. The van der Waals surface area contributed by atoms with Gasteiger partial charge >= 0.3 is 11.6 Å². The third-order valence-electron chi connectivity index (χ3n) is 3.30. The van der Waals surface area contributed by atoms with E-state index in [9.17, 15) is 9.59 Å². The fourth-order valence-corrected chi connectivity index (χ4v) is 3.23. The van der Waals surface area contributed by atoms with Crippen molar-refractivity contribution in [2.75, 3.05) is 0 Å². The molecular weight excluding hydrogens is 326 g/mol. The van der Waals surface area contributed by atoms with Crippen molar-refractivity contribution >= 4 is 28.7 Å². The lowest BCUT2D eigenvalue weighted by molar-refractivity contribution is -0.131. The van der Waals surface area contributed by atoms with Gasteiger partial charge in [-0.2, -0.15) is 0 Å². The summed E-state index contributed by atoms with van der Waals surface area (Å²) >= 11 is 1.55. The van der Waals surface area contributed by atoms with Crippen LogP contribution in [0, 0.1) is 6.92 Å². The van der Waals surface area contributed by atoms with Crippen molar-refractivity contribution in [2.45, 2.75) is 24.6 Å². The quantitative estimate of drug-likeness (QED) is 0.312. The Morgan fingerprint density at radius 3 is 2.83 bits per heavy atom. The van der Waals surface area contributed by atoms with Gasteiger partial charge in [0.2, 0.25) is 0 Å². The molecule has 6 heteroatoms. The molecule has 0 fully saturated rings. The molecule has 0 aliphatic rings. The van der Waals surface area contributed by atoms with Gasteiger partial charge in [0.25, 0.3) is 0 Å². The number of hydrogen-bond acceptors (Lipinski definition) is 6. The molecule has 0 atom stereocenters. The van der Waals surface area contributed by atoms with Crippen molar-refractivity contribution in [3.63, 3.8) is 0 Å². The molecule has 0 aliphatic carbocycles. The van der Waals surface area contributed by atoms with Crippen molar-refractivity contribution in [3.05, 3.63) is 64.1 Å². The van der Waals surface area contributed by atoms with E-state index in [1.807, 2.05) is 25.1 Å². The number of carbonyl (C=O) groups excluding carboxylic acids is 1. The van der Waals surface area contributed by atoms with Crippen LogP contribution in [-0.4, -0.2) is 11.0 Å². The maximum atomic E-state index is 11.8. The number of pyridine rings is 1. The van der Waals surface area contributed by atoms with E-state index in [4.69, 9.17) is 9.15 Å². The first-order chi connectivity index (χ1) is 11.5. The number of rotatable bonds is 4. The minimum Gasteiger partial charge on any atom is -0.427 e. The highest BCUT2D eigenvalue weighted by atomic mass is 32.2. The van der Waals surface area contributed by atoms with Gasteiger partial charge in [-0.25, -0.2) is 9.78 Å². The number of thioether (sulfide) groups is 1. The fourth-order valence-electron chi connectivity index (χ4n) is 2.31. The molecule has 122 valence electrons. The van der Waals surface area contributed by atoms with Crippen molar-refractivity contribution in [2.24, 2.45) is 0 Å². The number of aromatic nitrogens is 1. The van der Waals surface area contributed by atoms with Gasteiger partial charge in [0.05, 0.1) is 5.03 Å². The van der Waals surface area contributed by atoms with Crippen LogP contribution < -0.4 is 10.4 Å². The normalized spacial score (nSPS) is 10.8. The predicted molar refractivity (Wildman–Crippen MR) is 92.3 cm³/mol. The van der Waals surface area contributed by atoms with Crippen molar-refractivity contribution < 1.29 is 13.9 Å². The Morgan fingerprint density at radius 2 is 2.08 bits per heavy atom. The summed E-state index contributed by atoms with van der Waals surface area (Å²) in [5.74, 6) is 0.517. The Morgan fingerprint density at radius 1 is 1.25 bits per heavy atom. The number of fused-ring (bicyclic) bond motifs is 1. The zero-order valence-electron chi connectivity index (χ0n) is 13.2. The second-order valence-corrected chi connectivity index (χ2v) is 6.24. The molecule has 3 rings (SSSR count). The maximum Gasteiger partial charge on any atom is 0.336 e. The number of ether oxygens (including phenoxy) is 1. The summed E-state index contributed by atoms with van der Waals surface area (Å²) in [6, 6.07) is 12.3. The molecule has 2 aromatic heterocycles. The minimum absolute atomic E-state index is 0.350. The van der Waals surface area contributed by atoms with E-state index >= 15 is 0 Å². The van der Waals surface area contributed by atoms with Crippen LogP contribution >= 0.6 is 11.8 Å². The second kappa shape index (κ2) is 6.88. The largest absolute Gasteiger partial charge is 0.427 e. The first-order valence-electron chi connectivity index (χ1n) is 7.33. The smallest absolute Gasteiger partial charge is 0.336 e. The predicted octanol–water partition coefficient (Wildman–Crippen LogP) is 3.71. The van der Waals surface area contributed by atoms with Crippen LogP contribution in [0.15, 0.2) is 56.7 Å². The number of esters is 1. The molecule has 0 amide bonds. The molecule has 1 aromatic carbocycles. The summed E-state index contributed by atoms with van der Waals surface area (Å²) in [5, 5.41) is 1.71. The van der Waals surface area contributed by atoms with E-state index in [-0.39, 0.29) is 0 Å². The average Bonchev–Trinajstić information content (AvgIpc) is 2.51. The van der Waals surface area contributed by atoms with Gasteiger partial charge < -0.3 is 9.15 Å². The molecule has 0 saturated heterocycles. The topological polar surface area (TPSA) is 69.4 Å². The average molecular weight is 341 g/mol. The van der Waals surface area contributed by atoms with Crippen LogP contribution in [0.25, 0.3) is 11.0 Å². The first kappa shape index (κ1) is 16.3. The van der Waals surface area contributed by atoms with E-state index in [1.54, 1.807) is 30.0 Å². The monoisotopic (exact) mass is 341 g/mol. The Hall–Kier alpha value is -2.60. The molecule has 0 bridgehead atoms. The molecule has 0 unspecified atom stereocenters. The van der Waals surface area contributed by atoms with Gasteiger partial charge in [0.1, 0.15) is 11.3 Å². The lowest BCUT2D eigenvalue weighted by atomic mass is 10.1. The number of carbonyl (C=O) groups is 1. The summed E-state index contributed by atoms with van der Waals surface area (Å²) in [4.78, 5) is 27.3. The molecule has 5 nitrogen and oxygen atoms in total. The number of aryl methyl sites for hydroxylation is 1. The molecular formula is C18H15NO4S. The number of benzene rings is 1. The Labute approximate surface area is 142 Å². The third kappa shape index (κ3) is 3.83. The maximum absolute atomic E-state index is 11.8. The lowest BCUT2D eigenvalue weighted by Gasteiger charge is -2.07. The van der Waals surface area contributed by atoms with Crippen LogP contribution in [0.4, 0.5) is 0 Å². The Kier molecular flexibility index (Phi) is 4.66. The highest BCUT2D eigenvalue weighted by Gasteiger charge is 2.09. The first-order valence-corrected chi connectivity index (χ1v) is 8.31. The summed E-state index contributed by atoms with van der Waals surface area (Å²) in [6.07, 6.45) is 0. The van der Waals surface area contributed by atoms with E-state index < -0.39 is 11.6 Å². The molecule has 0 spiro atoms. The molecule has 0 aliphatic heterocycles. The second-order valence-electron chi connectivity index (χ2n) is 5.25. The molecule has 2 heterocycles. The van der Waals surface area contributed by atoms with E-state index in [2.05, 4.69) is 4.98 Å². The highest BCUT2D eigenvalue weighted by Crippen LogP contribution is 2.27. The van der Waals surface area contributed by atoms with Crippen LogP contribution in [-0.2, 0) is 10.5 Å². The summed E-state index contributed by atoms with van der Waals surface area (Å²) in [6.45, 7) is 3.26. The van der Waals surface area contributed by atoms with E-state index in [1.165, 1.54) is 13.0 Å². The molecule has 0 radical (unpaired) electrons. The van der Waals surface area contributed by atoms with Gasteiger partial charge in [-0.3, -0.25) is 4.79 Å². The summed E-state index contributed by atoms with van der Waals surface area (Å²) in [5.41, 5.74) is 1.76. The summed E-state index contributed by atoms with van der Waals surface area (Å²) < 4.78 is 10.3. The Bertz CT molecular complexity index is 965. The van der Waals surface area contributed by atoms with Crippen molar-refractivity contribution in [1.29, 1.82) is 0 Å². The Balaban J connectivity index is 1.92. The van der Waals surface area contributed by atoms with Gasteiger partial charge in [0.15, 0.2) is 0 Å². The van der Waals surface area contributed by atoms with Crippen molar-refractivity contribution in [1.82, 2.24) is 4.98 Å². The highest BCUT2D eigenvalue weighted by molar-refractivity contribution is 7.98. The molecule has 3 aromatic rings. The zero-order valence-corrected chi connectivity index (χ0v) is 14.1.